The van der Waals surface area contributed by atoms with Crippen LogP contribution in [0.15, 0.2) is 47.5 Å². The van der Waals surface area contributed by atoms with Crippen molar-refractivity contribution in [2.24, 2.45) is 4.99 Å². The first kappa shape index (κ1) is 22.0. The zero-order chi connectivity index (χ0) is 21.3. The van der Waals surface area contributed by atoms with Crippen molar-refractivity contribution in [2.45, 2.75) is 38.9 Å². The van der Waals surface area contributed by atoms with Gasteiger partial charge in [0.2, 0.25) is 0 Å². The van der Waals surface area contributed by atoms with E-state index < -0.39 is 0 Å². The number of nitrogens with one attached hydrogen (secondary N) is 2. The molecule has 2 heterocycles. The van der Waals surface area contributed by atoms with Gasteiger partial charge in [0.05, 0.1) is 12.2 Å². The predicted octanol–water partition coefficient (Wildman–Crippen LogP) is 3.01. The Morgan fingerprint density at radius 2 is 1.90 bits per heavy atom. The SMILES string of the molecule is CCNC(=NCc1cccc(N(C)C)n1)NC1CCN(Cc2ccc(F)cc2)CC1. The Bertz CT molecular complexity index is 813. The molecule has 0 spiro atoms. The van der Waals surface area contributed by atoms with Crippen LogP contribution in [0.25, 0.3) is 0 Å². The topological polar surface area (TPSA) is 55.8 Å². The van der Waals surface area contributed by atoms with Crippen LogP contribution in [0.1, 0.15) is 31.0 Å². The average Bonchev–Trinajstić information content (AvgIpc) is 2.75. The first-order valence-electron chi connectivity index (χ1n) is 10.7. The number of halogens is 1. The second-order valence-electron chi connectivity index (χ2n) is 7.90. The molecule has 1 aromatic heterocycles. The number of rotatable bonds is 7. The van der Waals surface area contributed by atoms with Gasteiger partial charge >= 0.3 is 0 Å². The molecule has 6 nitrogen and oxygen atoms in total. The molecule has 2 aromatic rings. The van der Waals surface area contributed by atoms with Crippen LogP contribution < -0.4 is 15.5 Å². The molecule has 1 aliphatic rings. The maximum Gasteiger partial charge on any atom is 0.191 e. The lowest BCUT2D eigenvalue weighted by Gasteiger charge is -2.33. The van der Waals surface area contributed by atoms with Crippen molar-refractivity contribution < 1.29 is 4.39 Å². The van der Waals surface area contributed by atoms with E-state index in [9.17, 15) is 4.39 Å². The van der Waals surface area contributed by atoms with Gasteiger partial charge < -0.3 is 15.5 Å². The van der Waals surface area contributed by atoms with Crippen LogP contribution in [-0.4, -0.2) is 55.6 Å². The summed E-state index contributed by atoms with van der Waals surface area (Å²) in [6, 6.07) is 13.2. The number of pyridine rings is 1. The van der Waals surface area contributed by atoms with Gasteiger partial charge in [0, 0.05) is 46.3 Å². The molecule has 162 valence electrons. The number of aliphatic imine (C=N–C) groups is 1. The van der Waals surface area contributed by atoms with Crippen LogP contribution in [0.5, 0.6) is 0 Å². The molecule has 0 saturated carbocycles. The van der Waals surface area contributed by atoms with Gasteiger partial charge in [-0.15, -0.1) is 0 Å². The normalized spacial score (nSPS) is 15.8. The molecule has 0 aliphatic carbocycles. The van der Waals surface area contributed by atoms with Crippen LogP contribution in [-0.2, 0) is 13.1 Å². The van der Waals surface area contributed by atoms with Gasteiger partial charge in [-0.2, -0.15) is 0 Å². The van der Waals surface area contributed by atoms with E-state index in [-0.39, 0.29) is 5.82 Å². The van der Waals surface area contributed by atoms with E-state index in [0.29, 0.717) is 12.6 Å². The summed E-state index contributed by atoms with van der Waals surface area (Å²) in [7, 11) is 3.98. The van der Waals surface area contributed by atoms with E-state index in [4.69, 9.17) is 4.99 Å². The number of likely N-dealkylation sites (tertiary alicyclic amines) is 1. The zero-order valence-electron chi connectivity index (χ0n) is 18.2. The maximum atomic E-state index is 13.1. The number of piperidine rings is 1. The monoisotopic (exact) mass is 412 g/mol. The van der Waals surface area contributed by atoms with Gasteiger partial charge in [-0.3, -0.25) is 4.90 Å². The van der Waals surface area contributed by atoms with Crippen molar-refractivity contribution >= 4 is 11.8 Å². The number of hydrogen-bond acceptors (Lipinski definition) is 4. The fraction of sp³-hybridized carbons (Fsp3) is 0.478. The second kappa shape index (κ2) is 10.9. The number of benzene rings is 1. The summed E-state index contributed by atoms with van der Waals surface area (Å²) < 4.78 is 13.1. The van der Waals surface area contributed by atoms with Crippen molar-refractivity contribution in [1.29, 1.82) is 0 Å². The molecule has 3 rings (SSSR count). The largest absolute Gasteiger partial charge is 0.363 e. The number of anilines is 1. The van der Waals surface area contributed by atoms with Crippen molar-refractivity contribution in [3.05, 3.63) is 59.5 Å². The molecule has 1 aliphatic heterocycles. The van der Waals surface area contributed by atoms with Crippen molar-refractivity contribution in [3.63, 3.8) is 0 Å². The Morgan fingerprint density at radius 3 is 2.57 bits per heavy atom. The van der Waals surface area contributed by atoms with Crippen LogP contribution in [0.3, 0.4) is 0 Å². The summed E-state index contributed by atoms with van der Waals surface area (Å²) in [6.07, 6.45) is 2.11. The maximum absolute atomic E-state index is 13.1. The highest BCUT2D eigenvalue weighted by atomic mass is 19.1. The summed E-state index contributed by atoms with van der Waals surface area (Å²) >= 11 is 0. The van der Waals surface area contributed by atoms with Crippen LogP contribution in [0.2, 0.25) is 0 Å². The quantitative estimate of drug-likeness (QED) is 0.541. The smallest absolute Gasteiger partial charge is 0.191 e. The van der Waals surface area contributed by atoms with Crippen molar-refractivity contribution in [3.8, 4) is 0 Å². The molecular weight excluding hydrogens is 379 g/mol. The third-order valence-electron chi connectivity index (χ3n) is 5.24. The molecule has 0 atom stereocenters. The third-order valence-corrected chi connectivity index (χ3v) is 5.24. The van der Waals surface area contributed by atoms with Crippen molar-refractivity contribution in [1.82, 2.24) is 20.5 Å². The fourth-order valence-electron chi connectivity index (χ4n) is 3.56. The highest BCUT2D eigenvalue weighted by Gasteiger charge is 2.20. The lowest BCUT2D eigenvalue weighted by molar-refractivity contribution is 0.198. The van der Waals surface area contributed by atoms with E-state index in [2.05, 4.69) is 27.4 Å². The van der Waals surface area contributed by atoms with Gasteiger partial charge in [0.25, 0.3) is 0 Å². The number of aromatic nitrogens is 1. The predicted molar refractivity (Wildman–Crippen MR) is 121 cm³/mol. The molecule has 1 fully saturated rings. The van der Waals surface area contributed by atoms with E-state index in [0.717, 1.165) is 62.1 Å². The Kier molecular flexibility index (Phi) is 8.02. The summed E-state index contributed by atoms with van der Waals surface area (Å²) in [4.78, 5) is 13.8. The molecular formula is C23H33FN6. The minimum atomic E-state index is -0.180. The molecule has 0 bridgehead atoms. The summed E-state index contributed by atoms with van der Waals surface area (Å²) in [5.74, 6) is 1.60. The first-order valence-corrected chi connectivity index (χ1v) is 10.7. The molecule has 7 heteroatoms. The van der Waals surface area contributed by atoms with Gasteiger partial charge in [-0.25, -0.2) is 14.4 Å². The van der Waals surface area contributed by atoms with Crippen LogP contribution in [0.4, 0.5) is 10.2 Å². The van der Waals surface area contributed by atoms with Crippen LogP contribution in [0, 0.1) is 5.82 Å². The van der Waals surface area contributed by atoms with E-state index in [1.54, 1.807) is 0 Å². The molecule has 2 N–H and O–H groups in total. The lowest BCUT2D eigenvalue weighted by atomic mass is 10.0. The number of nitrogens with zero attached hydrogens (tertiary/aromatic N) is 4. The Labute approximate surface area is 179 Å². The highest BCUT2D eigenvalue weighted by molar-refractivity contribution is 5.80. The van der Waals surface area contributed by atoms with E-state index in [1.165, 1.54) is 12.1 Å². The molecule has 0 unspecified atom stereocenters. The Morgan fingerprint density at radius 1 is 1.17 bits per heavy atom. The lowest BCUT2D eigenvalue weighted by Crippen LogP contribution is -2.48. The summed E-state index contributed by atoms with van der Waals surface area (Å²) in [5.41, 5.74) is 2.11. The minimum absolute atomic E-state index is 0.180. The molecule has 0 amide bonds. The minimum Gasteiger partial charge on any atom is -0.363 e. The van der Waals surface area contributed by atoms with Gasteiger partial charge in [0.1, 0.15) is 11.6 Å². The summed E-state index contributed by atoms with van der Waals surface area (Å²) in [5, 5.41) is 6.93. The molecule has 30 heavy (non-hydrogen) atoms. The number of guanidine groups is 1. The Hall–Kier alpha value is -2.67. The third kappa shape index (κ3) is 6.69. The van der Waals surface area contributed by atoms with Gasteiger partial charge in [-0.05, 0) is 49.6 Å². The van der Waals surface area contributed by atoms with Crippen molar-refractivity contribution in [2.75, 3.05) is 38.6 Å². The zero-order valence-corrected chi connectivity index (χ0v) is 18.2. The second-order valence-corrected chi connectivity index (χ2v) is 7.90. The molecule has 1 saturated heterocycles. The average molecular weight is 413 g/mol. The number of hydrogen-bond donors (Lipinski definition) is 2. The summed E-state index contributed by atoms with van der Waals surface area (Å²) in [6.45, 7) is 6.34. The standard InChI is InChI=1S/C23H33FN6/c1-4-25-23(26-16-21-6-5-7-22(27-21)29(2)3)28-20-12-14-30(15-13-20)17-18-8-10-19(24)11-9-18/h5-11,20H,4,12-17H2,1-3H3,(H2,25,26,28). The van der Waals surface area contributed by atoms with Crippen LogP contribution >= 0.6 is 0 Å². The molecule has 1 aromatic carbocycles. The van der Waals surface area contributed by atoms with E-state index >= 15 is 0 Å². The Balaban J connectivity index is 1.51. The van der Waals surface area contributed by atoms with Gasteiger partial charge in [0.15, 0.2) is 5.96 Å². The highest BCUT2D eigenvalue weighted by Crippen LogP contribution is 2.14. The van der Waals surface area contributed by atoms with E-state index in [1.807, 2.05) is 49.3 Å². The fourth-order valence-corrected chi connectivity index (χ4v) is 3.56. The molecule has 0 radical (unpaired) electrons. The van der Waals surface area contributed by atoms with Gasteiger partial charge in [-0.1, -0.05) is 18.2 Å². The first-order chi connectivity index (χ1) is 14.5.